The number of benzene rings is 1. The van der Waals surface area contributed by atoms with Crippen molar-refractivity contribution in [2.75, 3.05) is 45.7 Å². The topological polar surface area (TPSA) is 83.0 Å². The number of carbonyl (C=O) groups excluding carboxylic acids is 1. The van der Waals surface area contributed by atoms with Gasteiger partial charge in [-0.2, -0.15) is 4.31 Å². The number of sulfonamides is 1. The summed E-state index contributed by atoms with van der Waals surface area (Å²) in [5.74, 6) is 0.280. The van der Waals surface area contributed by atoms with Crippen molar-refractivity contribution in [2.24, 2.45) is 0 Å². The number of anilines is 1. The van der Waals surface area contributed by atoms with Crippen molar-refractivity contribution in [2.45, 2.75) is 35.9 Å². The minimum Gasteiger partial charge on any atom is -0.494 e. The Morgan fingerprint density at radius 3 is 2.61 bits per heavy atom. The van der Waals surface area contributed by atoms with Crippen LogP contribution in [0, 0.1) is 0 Å². The largest absolute Gasteiger partial charge is 0.494 e. The Hall–Kier alpha value is -1.47. The number of carbonyl (C=O) groups is 1. The summed E-state index contributed by atoms with van der Waals surface area (Å²) in [7, 11) is 1.62. The molecule has 1 unspecified atom stereocenters. The molecule has 0 spiro atoms. The number of thiazole rings is 1. The van der Waals surface area contributed by atoms with Crippen molar-refractivity contribution < 1.29 is 17.9 Å². The van der Waals surface area contributed by atoms with E-state index in [0.29, 0.717) is 51.6 Å². The van der Waals surface area contributed by atoms with Crippen LogP contribution in [-0.4, -0.2) is 75.4 Å². The van der Waals surface area contributed by atoms with Crippen LogP contribution in [0.4, 0.5) is 5.13 Å². The fraction of sp³-hybridized carbons (Fsp3) is 0.478. The number of rotatable bonds is 9. The van der Waals surface area contributed by atoms with Gasteiger partial charge >= 0.3 is 0 Å². The first-order valence-electron chi connectivity index (χ1n) is 11.5. The molecule has 1 aliphatic heterocycles. The first-order chi connectivity index (χ1) is 17.1. The van der Waals surface area contributed by atoms with Crippen molar-refractivity contribution in [3.05, 3.63) is 33.6 Å². The molecule has 1 atom stereocenters. The van der Waals surface area contributed by atoms with Crippen LogP contribution in [0.25, 0.3) is 10.2 Å². The van der Waals surface area contributed by atoms with Gasteiger partial charge in [0.25, 0.3) is 10.0 Å². The molecule has 3 aromatic rings. The fourth-order valence-electron chi connectivity index (χ4n) is 4.24. The standard InChI is InChI=1S/C23H28Cl2N4O4S3/c1-27(2)12-6-13-28(23-26-20-17(33-3)9-8-15(24)21(20)35-23)22(30)16-7-4-5-14-29(16)36(31,32)19-11-10-18(25)34-19/h8-11,16H,4-7,12-14H2,1-3H3. The summed E-state index contributed by atoms with van der Waals surface area (Å²) in [5, 5.41) is 0.994. The zero-order valence-corrected chi connectivity index (χ0v) is 24.2. The van der Waals surface area contributed by atoms with E-state index in [2.05, 4.69) is 0 Å². The zero-order valence-electron chi connectivity index (χ0n) is 20.2. The van der Waals surface area contributed by atoms with Gasteiger partial charge in [-0.05, 0) is 64.2 Å². The number of halogens is 2. The van der Waals surface area contributed by atoms with Crippen LogP contribution in [0.1, 0.15) is 25.7 Å². The molecule has 2 aromatic heterocycles. The molecule has 0 N–H and O–H groups in total. The second-order valence-electron chi connectivity index (χ2n) is 8.76. The van der Waals surface area contributed by atoms with Crippen molar-refractivity contribution in [3.8, 4) is 5.75 Å². The number of hydrogen-bond acceptors (Lipinski definition) is 8. The third-order valence-corrected chi connectivity index (χ3v) is 11.1. The SMILES string of the molecule is COc1ccc(Cl)c2sc(N(CCCN(C)C)C(=O)C3CCCCN3S(=O)(=O)c3ccc(Cl)s3)nc12. The Balaban J connectivity index is 1.72. The van der Waals surface area contributed by atoms with Crippen molar-refractivity contribution in [3.63, 3.8) is 0 Å². The van der Waals surface area contributed by atoms with E-state index in [1.54, 1.807) is 30.2 Å². The predicted octanol–water partition coefficient (Wildman–Crippen LogP) is 5.20. The number of fused-ring (bicyclic) bond motifs is 1. The molecular weight excluding hydrogens is 563 g/mol. The van der Waals surface area contributed by atoms with Crippen LogP contribution in [0.3, 0.4) is 0 Å². The minimum absolute atomic E-state index is 0.142. The van der Waals surface area contributed by atoms with E-state index in [1.165, 1.54) is 21.7 Å². The lowest BCUT2D eigenvalue weighted by molar-refractivity contribution is -0.123. The van der Waals surface area contributed by atoms with Crippen LogP contribution in [-0.2, 0) is 14.8 Å². The molecule has 0 saturated carbocycles. The average molecular weight is 592 g/mol. The molecule has 196 valence electrons. The van der Waals surface area contributed by atoms with Gasteiger partial charge in [-0.15, -0.1) is 11.3 Å². The number of amides is 1. The van der Waals surface area contributed by atoms with Crippen LogP contribution in [0.2, 0.25) is 9.36 Å². The highest BCUT2D eigenvalue weighted by Gasteiger charge is 2.41. The highest BCUT2D eigenvalue weighted by atomic mass is 35.5. The number of nitrogens with zero attached hydrogens (tertiary/aromatic N) is 4. The molecule has 8 nitrogen and oxygen atoms in total. The molecule has 0 radical (unpaired) electrons. The third-order valence-electron chi connectivity index (χ3n) is 6.00. The van der Waals surface area contributed by atoms with E-state index in [1.807, 2.05) is 19.0 Å². The van der Waals surface area contributed by atoms with Gasteiger partial charge in [0.05, 0.1) is 21.2 Å². The maximum Gasteiger partial charge on any atom is 0.253 e. The van der Waals surface area contributed by atoms with E-state index in [-0.39, 0.29) is 16.7 Å². The van der Waals surface area contributed by atoms with Gasteiger partial charge in [0.2, 0.25) is 5.91 Å². The van der Waals surface area contributed by atoms with E-state index in [0.717, 1.165) is 29.0 Å². The molecule has 4 rings (SSSR count). The van der Waals surface area contributed by atoms with Crippen LogP contribution >= 0.6 is 45.9 Å². The molecule has 0 aliphatic carbocycles. The van der Waals surface area contributed by atoms with Gasteiger partial charge in [0, 0.05) is 13.1 Å². The molecule has 1 aromatic carbocycles. The molecule has 1 fully saturated rings. The summed E-state index contributed by atoms with van der Waals surface area (Å²) in [6.07, 6.45) is 2.59. The third kappa shape index (κ3) is 5.67. The normalized spacial score (nSPS) is 17.1. The summed E-state index contributed by atoms with van der Waals surface area (Å²) < 4.78 is 35.0. The van der Waals surface area contributed by atoms with Crippen molar-refractivity contribution >= 4 is 77.2 Å². The lowest BCUT2D eigenvalue weighted by atomic mass is 10.0. The summed E-state index contributed by atoms with van der Waals surface area (Å²) >= 11 is 14.8. The van der Waals surface area contributed by atoms with Crippen molar-refractivity contribution in [1.82, 2.24) is 14.2 Å². The number of aromatic nitrogens is 1. The Bertz CT molecular complexity index is 1340. The van der Waals surface area contributed by atoms with E-state index in [4.69, 9.17) is 32.9 Å². The number of piperidine rings is 1. The maximum atomic E-state index is 14.1. The van der Waals surface area contributed by atoms with E-state index in [9.17, 15) is 13.2 Å². The number of hydrogen-bond donors (Lipinski definition) is 0. The first kappa shape index (κ1) is 27.6. The summed E-state index contributed by atoms with van der Waals surface area (Å²) in [4.78, 5) is 22.4. The number of thiophene rings is 1. The highest BCUT2D eigenvalue weighted by Crippen LogP contribution is 2.40. The maximum absolute atomic E-state index is 14.1. The Morgan fingerprint density at radius 2 is 1.94 bits per heavy atom. The Morgan fingerprint density at radius 1 is 1.17 bits per heavy atom. The minimum atomic E-state index is -3.87. The summed E-state index contributed by atoms with van der Waals surface area (Å²) in [5.41, 5.74) is 0.580. The lowest BCUT2D eigenvalue weighted by Gasteiger charge is -2.36. The zero-order chi connectivity index (χ0) is 26.0. The first-order valence-corrected chi connectivity index (χ1v) is 15.3. The van der Waals surface area contributed by atoms with Crippen LogP contribution in [0.15, 0.2) is 28.5 Å². The second kappa shape index (κ2) is 11.5. The predicted molar refractivity (Wildman–Crippen MR) is 148 cm³/mol. The fourth-order valence-corrected chi connectivity index (χ4v) is 8.79. The smallest absolute Gasteiger partial charge is 0.253 e. The van der Waals surface area contributed by atoms with Gasteiger partial charge in [-0.25, -0.2) is 13.4 Å². The number of ether oxygens (including phenoxy) is 1. The van der Waals surface area contributed by atoms with Gasteiger partial charge in [0.1, 0.15) is 21.5 Å². The molecular formula is C23H28Cl2N4O4S3. The van der Waals surface area contributed by atoms with E-state index >= 15 is 0 Å². The molecule has 0 bridgehead atoms. The van der Waals surface area contributed by atoms with Gasteiger partial charge in [0.15, 0.2) is 5.13 Å². The van der Waals surface area contributed by atoms with Crippen molar-refractivity contribution in [1.29, 1.82) is 0 Å². The summed E-state index contributed by atoms with van der Waals surface area (Å²) in [6, 6.07) is 5.72. The molecule has 1 aliphatic rings. The molecule has 13 heteroatoms. The number of methoxy groups -OCH3 is 1. The molecule has 1 saturated heterocycles. The Labute approximate surface area is 229 Å². The monoisotopic (exact) mass is 590 g/mol. The quantitative estimate of drug-likeness (QED) is 0.340. The summed E-state index contributed by atoms with van der Waals surface area (Å²) in [6.45, 7) is 1.43. The van der Waals surface area contributed by atoms with Crippen LogP contribution < -0.4 is 9.64 Å². The highest BCUT2D eigenvalue weighted by molar-refractivity contribution is 7.91. The Kier molecular flexibility index (Phi) is 8.81. The van der Waals surface area contributed by atoms with Crippen LogP contribution in [0.5, 0.6) is 5.75 Å². The second-order valence-corrected chi connectivity index (χ2v) is 14.0. The molecule has 1 amide bonds. The van der Waals surface area contributed by atoms with Gasteiger partial charge in [-0.1, -0.05) is 41.0 Å². The lowest BCUT2D eigenvalue weighted by Crippen LogP contribution is -2.53. The van der Waals surface area contributed by atoms with Gasteiger partial charge in [-0.3, -0.25) is 9.69 Å². The molecule has 3 heterocycles. The van der Waals surface area contributed by atoms with E-state index < -0.39 is 16.1 Å². The average Bonchev–Trinajstić information content (AvgIpc) is 3.49. The molecule has 36 heavy (non-hydrogen) atoms. The van der Waals surface area contributed by atoms with Gasteiger partial charge < -0.3 is 9.64 Å².